The van der Waals surface area contributed by atoms with Crippen LogP contribution in [-0.2, 0) is 23.8 Å². The van der Waals surface area contributed by atoms with Gasteiger partial charge in [-0.25, -0.2) is 15.0 Å². The number of aromatic nitrogens is 4. The standard InChI is InChI=1S/C21H23N5O5/c1-12-4-6-15(7-5-12)25-20-19-21(23-10-22-20)26(11-24-19)18-8-16(30-14(3)28)17(31-18)9-29-13(2)27/h4-7,10-11,16-18H,8-9H2,1-3H3,(H,22,23,25)/t16-,17+,18+/m0/s1. The lowest BCUT2D eigenvalue weighted by molar-refractivity contribution is -0.155. The monoisotopic (exact) mass is 425 g/mol. The molecule has 1 aliphatic rings. The van der Waals surface area contributed by atoms with Gasteiger partial charge in [0.05, 0.1) is 6.33 Å². The molecule has 1 aromatic carbocycles. The largest absolute Gasteiger partial charge is 0.463 e. The van der Waals surface area contributed by atoms with Gasteiger partial charge in [0, 0.05) is 26.0 Å². The molecule has 1 fully saturated rings. The highest BCUT2D eigenvalue weighted by atomic mass is 16.6. The van der Waals surface area contributed by atoms with Crippen molar-refractivity contribution in [2.24, 2.45) is 0 Å². The number of anilines is 2. The van der Waals surface area contributed by atoms with Gasteiger partial charge in [0.25, 0.3) is 0 Å². The Kier molecular flexibility index (Phi) is 5.81. The Hall–Kier alpha value is -3.53. The first-order valence-corrected chi connectivity index (χ1v) is 9.88. The van der Waals surface area contributed by atoms with E-state index in [0.29, 0.717) is 23.4 Å². The van der Waals surface area contributed by atoms with Gasteiger partial charge in [0.1, 0.15) is 31.4 Å². The summed E-state index contributed by atoms with van der Waals surface area (Å²) in [6.07, 6.45) is 1.82. The average molecular weight is 425 g/mol. The third-order valence-corrected chi connectivity index (χ3v) is 4.93. The summed E-state index contributed by atoms with van der Waals surface area (Å²) in [4.78, 5) is 35.8. The Morgan fingerprint density at radius 1 is 1.16 bits per heavy atom. The molecule has 0 unspecified atom stereocenters. The fraction of sp³-hybridized carbons (Fsp3) is 0.381. The zero-order valence-corrected chi connectivity index (χ0v) is 17.4. The molecule has 0 amide bonds. The summed E-state index contributed by atoms with van der Waals surface area (Å²) in [5.41, 5.74) is 3.20. The van der Waals surface area contributed by atoms with Crippen molar-refractivity contribution >= 4 is 34.6 Å². The number of carbonyl (C=O) groups excluding carboxylic acids is 2. The SMILES string of the molecule is CC(=O)OC[C@H]1O[C@@H](n2cnc3c(Nc4ccc(C)cc4)ncnc32)C[C@@H]1OC(C)=O. The Labute approximate surface area is 178 Å². The van der Waals surface area contributed by atoms with Crippen LogP contribution in [0.5, 0.6) is 0 Å². The molecule has 0 aliphatic carbocycles. The van der Waals surface area contributed by atoms with Crippen LogP contribution in [0, 0.1) is 6.92 Å². The average Bonchev–Trinajstić information content (AvgIpc) is 3.32. The van der Waals surface area contributed by atoms with Gasteiger partial charge in [0.2, 0.25) is 0 Å². The van der Waals surface area contributed by atoms with Crippen molar-refractivity contribution in [3.05, 3.63) is 42.5 Å². The third-order valence-electron chi connectivity index (χ3n) is 4.93. The summed E-state index contributed by atoms with van der Waals surface area (Å²) >= 11 is 0. The van der Waals surface area contributed by atoms with E-state index in [1.165, 1.54) is 20.2 Å². The van der Waals surface area contributed by atoms with Gasteiger partial charge in [0.15, 0.2) is 17.0 Å². The summed E-state index contributed by atoms with van der Waals surface area (Å²) in [6, 6.07) is 7.93. The van der Waals surface area contributed by atoms with E-state index in [0.717, 1.165) is 11.3 Å². The highest BCUT2D eigenvalue weighted by molar-refractivity contribution is 5.85. The first-order valence-electron chi connectivity index (χ1n) is 9.88. The molecule has 2 aromatic heterocycles. The minimum absolute atomic E-state index is 0.00831. The van der Waals surface area contributed by atoms with E-state index >= 15 is 0 Å². The Morgan fingerprint density at radius 3 is 2.65 bits per heavy atom. The minimum atomic E-state index is -0.581. The number of hydrogen-bond acceptors (Lipinski definition) is 9. The van der Waals surface area contributed by atoms with Gasteiger partial charge in [-0.2, -0.15) is 0 Å². The third kappa shape index (κ3) is 4.64. The number of nitrogens with zero attached hydrogens (tertiary/aromatic N) is 4. The van der Waals surface area contributed by atoms with Crippen molar-refractivity contribution in [1.29, 1.82) is 0 Å². The second-order valence-corrected chi connectivity index (χ2v) is 7.35. The van der Waals surface area contributed by atoms with E-state index in [1.54, 1.807) is 10.9 Å². The van der Waals surface area contributed by atoms with E-state index < -0.39 is 30.4 Å². The summed E-state index contributed by atoms with van der Waals surface area (Å²) in [5, 5.41) is 3.26. The number of aryl methyl sites for hydroxylation is 1. The number of hydrogen-bond donors (Lipinski definition) is 1. The summed E-state index contributed by atoms with van der Waals surface area (Å²) in [5.74, 6) is -0.288. The zero-order chi connectivity index (χ0) is 22.0. The fourth-order valence-corrected chi connectivity index (χ4v) is 3.49. The first-order chi connectivity index (χ1) is 14.9. The Morgan fingerprint density at radius 2 is 1.94 bits per heavy atom. The number of ether oxygens (including phenoxy) is 3. The normalized spacial score (nSPS) is 20.5. The molecule has 3 heterocycles. The summed E-state index contributed by atoms with van der Waals surface area (Å²) < 4.78 is 18.2. The smallest absolute Gasteiger partial charge is 0.303 e. The van der Waals surface area contributed by atoms with Gasteiger partial charge >= 0.3 is 11.9 Å². The number of fused-ring (bicyclic) bond motifs is 1. The van der Waals surface area contributed by atoms with Gasteiger partial charge in [-0.05, 0) is 19.1 Å². The molecule has 4 rings (SSSR count). The molecule has 1 saturated heterocycles. The lowest BCUT2D eigenvalue weighted by Crippen LogP contribution is -2.31. The number of rotatable bonds is 6. The van der Waals surface area contributed by atoms with Crippen molar-refractivity contribution in [1.82, 2.24) is 19.5 Å². The maximum absolute atomic E-state index is 11.5. The molecular formula is C21H23N5O5. The molecule has 10 heteroatoms. The van der Waals surface area contributed by atoms with Crippen LogP contribution in [0.1, 0.15) is 32.1 Å². The van der Waals surface area contributed by atoms with Crippen molar-refractivity contribution in [3.63, 3.8) is 0 Å². The minimum Gasteiger partial charge on any atom is -0.463 e. The van der Waals surface area contributed by atoms with Crippen LogP contribution in [0.2, 0.25) is 0 Å². The number of esters is 2. The summed E-state index contributed by atoms with van der Waals surface area (Å²) in [7, 11) is 0. The Bertz CT molecular complexity index is 1100. The van der Waals surface area contributed by atoms with Crippen molar-refractivity contribution in [3.8, 4) is 0 Å². The topological polar surface area (TPSA) is 117 Å². The second kappa shape index (κ2) is 8.68. The molecule has 1 aliphatic heterocycles. The Balaban J connectivity index is 1.58. The van der Waals surface area contributed by atoms with Crippen LogP contribution in [0.25, 0.3) is 11.2 Å². The van der Waals surface area contributed by atoms with Crippen LogP contribution in [0.3, 0.4) is 0 Å². The van der Waals surface area contributed by atoms with Crippen molar-refractivity contribution in [2.75, 3.05) is 11.9 Å². The van der Waals surface area contributed by atoms with Gasteiger partial charge in [-0.3, -0.25) is 14.2 Å². The van der Waals surface area contributed by atoms with Crippen LogP contribution < -0.4 is 5.32 Å². The number of nitrogens with one attached hydrogen (secondary N) is 1. The molecule has 31 heavy (non-hydrogen) atoms. The number of carbonyl (C=O) groups is 2. The predicted molar refractivity (Wildman–Crippen MR) is 110 cm³/mol. The molecule has 0 bridgehead atoms. The molecule has 0 saturated carbocycles. The molecule has 0 radical (unpaired) electrons. The van der Waals surface area contributed by atoms with Crippen LogP contribution in [0.4, 0.5) is 11.5 Å². The molecule has 0 spiro atoms. The lowest BCUT2D eigenvalue weighted by Gasteiger charge is -2.17. The quantitative estimate of drug-likeness (QED) is 0.595. The number of imidazole rings is 1. The highest BCUT2D eigenvalue weighted by Crippen LogP contribution is 2.34. The molecule has 1 N–H and O–H groups in total. The lowest BCUT2D eigenvalue weighted by atomic mass is 10.2. The van der Waals surface area contributed by atoms with Gasteiger partial charge in [-0.1, -0.05) is 17.7 Å². The summed E-state index contributed by atoms with van der Waals surface area (Å²) in [6.45, 7) is 4.66. The maximum atomic E-state index is 11.5. The molecular weight excluding hydrogens is 402 g/mol. The number of benzene rings is 1. The fourth-order valence-electron chi connectivity index (χ4n) is 3.49. The highest BCUT2D eigenvalue weighted by Gasteiger charge is 2.40. The molecule has 162 valence electrons. The van der Waals surface area contributed by atoms with Crippen molar-refractivity contribution in [2.45, 2.75) is 45.6 Å². The predicted octanol–water partition coefficient (Wildman–Crippen LogP) is 2.66. The van der Waals surface area contributed by atoms with E-state index in [9.17, 15) is 9.59 Å². The van der Waals surface area contributed by atoms with E-state index in [4.69, 9.17) is 14.2 Å². The molecule has 3 aromatic rings. The zero-order valence-electron chi connectivity index (χ0n) is 17.4. The molecule has 3 atom stereocenters. The van der Waals surface area contributed by atoms with Crippen LogP contribution in [0.15, 0.2) is 36.9 Å². The first kappa shape index (κ1) is 20.7. The van der Waals surface area contributed by atoms with E-state index in [-0.39, 0.29) is 6.61 Å². The van der Waals surface area contributed by atoms with Crippen LogP contribution in [-0.4, -0.2) is 50.3 Å². The van der Waals surface area contributed by atoms with Gasteiger partial charge in [-0.15, -0.1) is 0 Å². The van der Waals surface area contributed by atoms with Crippen molar-refractivity contribution < 1.29 is 23.8 Å². The van der Waals surface area contributed by atoms with E-state index in [2.05, 4.69) is 20.3 Å². The maximum Gasteiger partial charge on any atom is 0.303 e. The van der Waals surface area contributed by atoms with Gasteiger partial charge < -0.3 is 19.5 Å². The van der Waals surface area contributed by atoms with E-state index in [1.807, 2.05) is 31.2 Å². The van der Waals surface area contributed by atoms with Crippen LogP contribution >= 0.6 is 0 Å². The molecule has 10 nitrogen and oxygen atoms in total. The second-order valence-electron chi connectivity index (χ2n) is 7.35.